The van der Waals surface area contributed by atoms with Crippen LogP contribution < -0.4 is 0 Å². The first-order valence-corrected chi connectivity index (χ1v) is 0.471. The van der Waals surface area contributed by atoms with E-state index in [-0.39, 0.29) is 32.7 Å². The molecule has 0 amide bonds. The van der Waals surface area contributed by atoms with Crippen molar-refractivity contribution < 1.29 is 42.9 Å². The molecule has 0 unspecified atom stereocenters. The van der Waals surface area contributed by atoms with Gasteiger partial charge < -0.3 is 4.89 Å². The molecule has 0 aliphatic carbocycles. The molecule has 0 fully saturated rings. The van der Waals surface area contributed by atoms with Crippen molar-refractivity contribution in [2.24, 2.45) is 0 Å². The van der Waals surface area contributed by atoms with Crippen LogP contribution in [0.1, 0.15) is 0 Å². The van der Waals surface area contributed by atoms with Gasteiger partial charge in [0.25, 0.3) is 0 Å². The molecule has 0 spiro atoms. The normalized spacial score (nSPS) is 4.50. The van der Waals surface area contributed by atoms with Gasteiger partial charge in [-0.2, -0.15) is 7.11 Å². The van der Waals surface area contributed by atoms with E-state index < -0.39 is 0 Å². The predicted octanol–water partition coefficient (Wildman–Crippen LogP) is 0.265. The van der Waals surface area contributed by atoms with Crippen LogP contribution in [-0.2, 0) is 37.6 Å². The van der Waals surface area contributed by atoms with E-state index in [4.69, 9.17) is 5.26 Å². The molecule has 0 aliphatic heterocycles. The molecule has 0 rings (SSSR count). The van der Waals surface area contributed by atoms with E-state index in [1.807, 2.05) is 0 Å². The first-order valence-electron chi connectivity index (χ1n) is 0.471. The first kappa shape index (κ1) is 8.90. The van der Waals surface area contributed by atoms with Gasteiger partial charge in [-0.25, -0.2) is 0 Å². The summed E-state index contributed by atoms with van der Waals surface area (Å²) in [5.74, 6) is 0. The Bertz CT molecular complexity index is 6.00. The molecule has 0 aromatic carbocycles. The van der Waals surface area contributed by atoms with Crippen molar-refractivity contribution in [3.05, 3.63) is 7.11 Å². The molecule has 0 aromatic heterocycles. The van der Waals surface area contributed by atoms with Gasteiger partial charge >= 0.3 is 0 Å². The summed E-state index contributed by atoms with van der Waals surface area (Å²) in [6.07, 6.45) is 0. The van der Waals surface area contributed by atoms with Gasteiger partial charge in [-0.15, -0.1) is 0 Å². The Kier molecular flexibility index (Phi) is 20.0. The summed E-state index contributed by atoms with van der Waals surface area (Å²) < 4.78 is 0. The van der Waals surface area contributed by atoms with E-state index >= 15 is 0 Å². The summed E-state index contributed by atoms with van der Waals surface area (Å²) in [6, 6.07) is 0. The molecule has 23 valence electrons. The second kappa shape index (κ2) is 8.98. The Hall–Kier alpha value is 1.02. The fraction of sp³-hybridized carbons (Fsp3) is 0. The van der Waals surface area contributed by atoms with Crippen molar-refractivity contribution in [1.29, 1.82) is 0 Å². The van der Waals surface area contributed by atoms with E-state index in [1.165, 1.54) is 0 Å². The number of rotatable bonds is 0. The Labute approximate surface area is 50.0 Å². The summed E-state index contributed by atoms with van der Waals surface area (Å²) in [4.78, 5) is 3.00. The van der Waals surface area contributed by atoms with Gasteiger partial charge in [-0.05, 0) is 0 Å². The second-order valence-electron chi connectivity index (χ2n) is 0.129. The SMILES string of the molecule is [CH2-]OO.[Y]. The van der Waals surface area contributed by atoms with Crippen molar-refractivity contribution in [2.45, 2.75) is 0 Å². The molecule has 0 saturated carbocycles. The van der Waals surface area contributed by atoms with E-state index in [2.05, 4.69) is 12.0 Å². The maximum absolute atomic E-state index is 6.96. The minimum atomic E-state index is 0. The fourth-order valence-electron chi connectivity index (χ4n) is 0. The zero-order chi connectivity index (χ0) is 2.71. The molecular weight excluding hydrogens is 133 g/mol. The molecule has 3 heteroatoms. The second-order valence-corrected chi connectivity index (χ2v) is 0.129. The summed E-state index contributed by atoms with van der Waals surface area (Å²) in [5.41, 5.74) is 0. The smallest absolute Gasteiger partial charge is 0 e. The Morgan fingerprint density at radius 1 is 1.75 bits per heavy atom. The van der Waals surface area contributed by atoms with Crippen LogP contribution in [0.3, 0.4) is 0 Å². The molecule has 4 heavy (non-hydrogen) atoms. The molecule has 0 heterocycles. The zero-order valence-electron chi connectivity index (χ0n) is 2.14. The van der Waals surface area contributed by atoms with Gasteiger partial charge in [0.05, 0.1) is 0 Å². The maximum atomic E-state index is 6.96. The maximum Gasteiger partial charge on any atom is 0 e. The van der Waals surface area contributed by atoms with E-state index in [0.717, 1.165) is 0 Å². The minimum absolute atomic E-state index is 0. The van der Waals surface area contributed by atoms with E-state index in [0.29, 0.717) is 0 Å². The third kappa shape index (κ3) is 11.8. The van der Waals surface area contributed by atoms with Crippen LogP contribution in [0.25, 0.3) is 0 Å². The molecule has 0 atom stereocenters. The third-order valence-corrected chi connectivity index (χ3v) is 0. The van der Waals surface area contributed by atoms with E-state index in [1.54, 1.807) is 0 Å². The van der Waals surface area contributed by atoms with Crippen LogP contribution in [0.15, 0.2) is 0 Å². The quantitative estimate of drug-likeness (QED) is 0.294. The van der Waals surface area contributed by atoms with Crippen molar-refractivity contribution >= 4 is 0 Å². The molecule has 0 bridgehead atoms. The molecule has 0 aliphatic rings. The van der Waals surface area contributed by atoms with Crippen molar-refractivity contribution in [3.8, 4) is 0 Å². The number of hydrogen-bond acceptors (Lipinski definition) is 2. The minimum Gasteiger partial charge on any atom is -0.419 e. The predicted molar refractivity (Wildman–Crippen MR) is 9.07 cm³/mol. The summed E-state index contributed by atoms with van der Waals surface area (Å²) >= 11 is 0. The van der Waals surface area contributed by atoms with Crippen LogP contribution in [-0.4, -0.2) is 5.26 Å². The van der Waals surface area contributed by atoms with Crippen molar-refractivity contribution in [3.63, 3.8) is 0 Å². The third-order valence-electron chi connectivity index (χ3n) is 0. The molecule has 0 saturated heterocycles. The fourth-order valence-corrected chi connectivity index (χ4v) is 0. The van der Waals surface area contributed by atoms with Gasteiger partial charge in [0.15, 0.2) is 0 Å². The average Bonchev–Trinajstić information content (AvgIpc) is 0.918. The molecule has 0 aromatic rings. The zero-order valence-corrected chi connectivity index (χ0v) is 4.98. The Morgan fingerprint density at radius 3 is 1.75 bits per heavy atom. The van der Waals surface area contributed by atoms with Gasteiger partial charge in [0, 0.05) is 32.7 Å². The van der Waals surface area contributed by atoms with Crippen LogP contribution in [0.4, 0.5) is 0 Å². The monoisotopic (exact) mass is 136 g/mol. The van der Waals surface area contributed by atoms with Crippen LogP contribution >= 0.6 is 0 Å². The van der Waals surface area contributed by atoms with Crippen LogP contribution in [0.2, 0.25) is 0 Å². The van der Waals surface area contributed by atoms with Crippen LogP contribution in [0, 0.1) is 7.11 Å². The van der Waals surface area contributed by atoms with Gasteiger partial charge in [-0.1, -0.05) is 0 Å². The van der Waals surface area contributed by atoms with Crippen LogP contribution in [0.5, 0.6) is 0 Å². The first-order chi connectivity index (χ1) is 1.41. The molecular formula is CH3O2Y-. The summed E-state index contributed by atoms with van der Waals surface area (Å²) in [7, 11) is 2.54. The molecule has 1 radical (unpaired) electrons. The Morgan fingerprint density at radius 2 is 1.75 bits per heavy atom. The topological polar surface area (TPSA) is 29.5 Å². The van der Waals surface area contributed by atoms with Gasteiger partial charge in [0.1, 0.15) is 0 Å². The van der Waals surface area contributed by atoms with E-state index in [9.17, 15) is 0 Å². The summed E-state index contributed by atoms with van der Waals surface area (Å²) in [5, 5.41) is 6.96. The number of hydrogen-bond donors (Lipinski definition) is 1. The van der Waals surface area contributed by atoms with Crippen molar-refractivity contribution in [2.75, 3.05) is 0 Å². The van der Waals surface area contributed by atoms with Gasteiger partial charge in [-0.3, -0.25) is 5.26 Å². The standard InChI is InChI=1S/CH3O2.Y/c1-3-2;/h2H,1H2;/q-1;. The largest absolute Gasteiger partial charge is 0.419 e. The van der Waals surface area contributed by atoms with Gasteiger partial charge in [0.2, 0.25) is 0 Å². The molecule has 1 N–H and O–H groups in total. The molecule has 2 nitrogen and oxygen atoms in total. The Balaban J connectivity index is 0. The average molecular weight is 136 g/mol. The summed E-state index contributed by atoms with van der Waals surface area (Å²) in [6.45, 7) is 0. The van der Waals surface area contributed by atoms with Crippen molar-refractivity contribution in [1.82, 2.24) is 0 Å².